The second kappa shape index (κ2) is 3.45. The largest absolute Gasteiger partial charge is 0.466 e. The third-order valence-electron chi connectivity index (χ3n) is 1.24. The molecule has 0 aromatic heterocycles. The van der Waals surface area contributed by atoms with Crippen molar-refractivity contribution in [3.05, 3.63) is 10.8 Å². The van der Waals surface area contributed by atoms with Gasteiger partial charge in [-0.2, -0.15) is 0 Å². The highest BCUT2D eigenvalue weighted by Gasteiger charge is 2.02. The topological polar surface area (TPSA) is 26.3 Å². The van der Waals surface area contributed by atoms with Gasteiger partial charge in [0.2, 0.25) is 0 Å². The lowest BCUT2D eigenvalue weighted by Gasteiger charge is -1.99. The normalized spacial score (nSPS) is 8.78. The summed E-state index contributed by atoms with van der Waals surface area (Å²) in [5, 5.41) is 0.831. The smallest absolute Gasteiger partial charge is 0.328 e. The summed E-state index contributed by atoms with van der Waals surface area (Å²) in [5.41, 5.74) is 1.06. The molecule has 0 aliphatic rings. The van der Waals surface area contributed by atoms with Crippen LogP contribution in [0.3, 0.4) is 0 Å². The molecule has 0 atom stereocenters. The molecular formula is C6H12O2Si. The summed E-state index contributed by atoms with van der Waals surface area (Å²) < 4.78 is 4.51. The molecule has 0 bridgehead atoms. The second-order valence-corrected chi connectivity index (χ2v) is 3.12. The van der Waals surface area contributed by atoms with Crippen LogP contribution in [0.4, 0.5) is 0 Å². The third-order valence-corrected chi connectivity index (χ3v) is 2.65. The molecule has 0 spiro atoms. The first-order valence-electron chi connectivity index (χ1n) is 2.82. The summed E-state index contributed by atoms with van der Waals surface area (Å²) in [5.74, 6) is -0.179. The van der Waals surface area contributed by atoms with Crippen LogP contribution in [-0.2, 0) is 9.53 Å². The highest BCUT2D eigenvalue weighted by Crippen LogP contribution is 1.98. The minimum absolute atomic E-state index is 0.179. The zero-order valence-corrected chi connectivity index (χ0v) is 8.32. The maximum Gasteiger partial charge on any atom is 0.328 e. The van der Waals surface area contributed by atoms with Gasteiger partial charge in [-0.25, -0.2) is 4.79 Å². The molecule has 0 radical (unpaired) electrons. The molecule has 0 saturated heterocycles. The van der Waals surface area contributed by atoms with Crippen molar-refractivity contribution in [2.75, 3.05) is 7.11 Å². The monoisotopic (exact) mass is 144 g/mol. The summed E-state index contributed by atoms with van der Waals surface area (Å²) in [6.07, 6.45) is 0. The van der Waals surface area contributed by atoms with Crippen molar-refractivity contribution in [3.8, 4) is 0 Å². The van der Waals surface area contributed by atoms with Gasteiger partial charge >= 0.3 is 5.97 Å². The number of methoxy groups -OCH3 is 1. The molecule has 0 saturated carbocycles. The van der Waals surface area contributed by atoms with E-state index in [0.29, 0.717) is 0 Å². The number of esters is 1. The fourth-order valence-electron chi connectivity index (χ4n) is 0.357. The average molecular weight is 144 g/mol. The van der Waals surface area contributed by atoms with E-state index in [9.17, 15) is 4.79 Å². The van der Waals surface area contributed by atoms with Crippen LogP contribution in [0.2, 0.25) is 0 Å². The van der Waals surface area contributed by atoms with Gasteiger partial charge < -0.3 is 4.74 Å². The Morgan fingerprint density at radius 1 is 1.44 bits per heavy atom. The second-order valence-electron chi connectivity index (χ2n) is 2.12. The fourth-order valence-corrected chi connectivity index (χ4v) is 0.561. The summed E-state index contributed by atoms with van der Waals surface area (Å²) in [7, 11) is 2.18. The molecule has 0 unspecified atom stereocenters. The molecule has 0 N–H and O–H groups in total. The molecule has 0 fully saturated rings. The minimum Gasteiger partial charge on any atom is -0.466 e. The summed E-state index contributed by atoms with van der Waals surface area (Å²) in [6, 6.07) is 0. The Morgan fingerprint density at radius 3 is 2.00 bits per heavy atom. The Labute approximate surface area is 58.3 Å². The average Bonchev–Trinajstić information content (AvgIpc) is 1.84. The van der Waals surface area contributed by atoms with Crippen molar-refractivity contribution in [1.82, 2.24) is 0 Å². The van der Waals surface area contributed by atoms with E-state index in [1.54, 1.807) is 0 Å². The van der Waals surface area contributed by atoms with Crippen LogP contribution in [0.15, 0.2) is 10.8 Å². The van der Waals surface area contributed by atoms with Gasteiger partial charge in [-0.15, -0.1) is 0 Å². The Hall–Kier alpha value is -0.573. The molecule has 0 amide bonds. The zero-order chi connectivity index (χ0) is 7.44. The molecule has 0 aliphatic heterocycles. The van der Waals surface area contributed by atoms with E-state index in [2.05, 4.69) is 4.74 Å². The molecule has 0 aliphatic carbocycles. The van der Waals surface area contributed by atoms with Crippen molar-refractivity contribution in [2.24, 2.45) is 0 Å². The molecule has 3 heteroatoms. The van der Waals surface area contributed by atoms with Crippen LogP contribution < -0.4 is 0 Å². The van der Waals surface area contributed by atoms with Gasteiger partial charge in [-0.1, -0.05) is 5.57 Å². The van der Waals surface area contributed by atoms with Gasteiger partial charge in [0.05, 0.1) is 7.11 Å². The van der Waals surface area contributed by atoms with Gasteiger partial charge in [0, 0.05) is 15.4 Å². The Kier molecular flexibility index (Phi) is 3.23. The first kappa shape index (κ1) is 8.43. The van der Waals surface area contributed by atoms with E-state index < -0.39 is 0 Å². The summed E-state index contributed by atoms with van der Waals surface area (Å²) in [4.78, 5) is 10.7. The van der Waals surface area contributed by atoms with Gasteiger partial charge in [-0.3, -0.25) is 0 Å². The lowest BCUT2D eigenvalue weighted by atomic mass is 10.3. The number of ether oxygens (including phenoxy) is 1. The maximum atomic E-state index is 10.7. The standard InChI is InChI=1S/C6H12O2Si/c1-4(2)5(9)6(7)8-3/h1-3,9H3. The van der Waals surface area contributed by atoms with Crippen molar-refractivity contribution in [2.45, 2.75) is 13.8 Å². The number of hydrogen-bond donors (Lipinski definition) is 0. The van der Waals surface area contributed by atoms with Crippen LogP contribution in [0.5, 0.6) is 0 Å². The number of rotatable bonds is 1. The van der Waals surface area contributed by atoms with Crippen LogP contribution in [0.1, 0.15) is 13.8 Å². The van der Waals surface area contributed by atoms with Crippen LogP contribution >= 0.6 is 0 Å². The lowest BCUT2D eigenvalue weighted by molar-refractivity contribution is -0.135. The zero-order valence-electron chi connectivity index (χ0n) is 6.32. The maximum absolute atomic E-state index is 10.7. The predicted octanol–water partition coefficient (Wildman–Crippen LogP) is -0.181. The van der Waals surface area contributed by atoms with Crippen LogP contribution in [-0.4, -0.2) is 23.3 Å². The lowest BCUT2D eigenvalue weighted by Crippen LogP contribution is -2.05. The molecule has 0 rings (SSSR count). The first-order valence-corrected chi connectivity index (χ1v) is 3.82. The minimum atomic E-state index is -0.179. The fraction of sp³-hybridized carbons (Fsp3) is 0.500. The quantitative estimate of drug-likeness (QED) is 0.290. The number of allylic oxidation sites excluding steroid dienone is 1. The highest BCUT2D eigenvalue weighted by molar-refractivity contribution is 6.35. The van der Waals surface area contributed by atoms with E-state index in [1.165, 1.54) is 7.11 Å². The van der Waals surface area contributed by atoms with E-state index in [-0.39, 0.29) is 5.97 Å². The number of carbonyl (C=O) groups is 1. The number of carbonyl (C=O) groups excluding carboxylic acids is 1. The SMILES string of the molecule is COC(=O)C([SiH3])=C(C)C. The molecule has 0 aromatic carbocycles. The Morgan fingerprint density at radius 2 is 1.89 bits per heavy atom. The molecule has 0 aromatic rings. The number of hydrogen-bond acceptors (Lipinski definition) is 2. The van der Waals surface area contributed by atoms with Crippen molar-refractivity contribution >= 4 is 16.2 Å². The molecule has 0 heterocycles. The highest BCUT2D eigenvalue weighted by atomic mass is 28.1. The van der Waals surface area contributed by atoms with Crippen LogP contribution in [0.25, 0.3) is 0 Å². The van der Waals surface area contributed by atoms with Gasteiger partial charge in [0.25, 0.3) is 0 Å². The molecule has 52 valence electrons. The molecular weight excluding hydrogens is 132 g/mol. The van der Waals surface area contributed by atoms with Crippen LogP contribution in [0, 0.1) is 0 Å². The van der Waals surface area contributed by atoms with E-state index in [1.807, 2.05) is 13.8 Å². The van der Waals surface area contributed by atoms with E-state index in [0.717, 1.165) is 21.0 Å². The summed E-state index contributed by atoms with van der Waals surface area (Å²) in [6.45, 7) is 3.83. The van der Waals surface area contributed by atoms with E-state index in [4.69, 9.17) is 0 Å². The molecule has 9 heavy (non-hydrogen) atoms. The van der Waals surface area contributed by atoms with Gasteiger partial charge in [0.15, 0.2) is 0 Å². The van der Waals surface area contributed by atoms with Crippen molar-refractivity contribution in [3.63, 3.8) is 0 Å². The Bertz CT molecular complexity index is 145. The van der Waals surface area contributed by atoms with E-state index >= 15 is 0 Å². The van der Waals surface area contributed by atoms with Crippen molar-refractivity contribution < 1.29 is 9.53 Å². The van der Waals surface area contributed by atoms with Gasteiger partial charge in [-0.05, 0) is 13.8 Å². The first-order chi connectivity index (χ1) is 4.09. The Balaban J connectivity index is 4.21. The predicted molar refractivity (Wildman–Crippen MR) is 40.3 cm³/mol. The summed E-state index contributed by atoms with van der Waals surface area (Å²) >= 11 is 0. The van der Waals surface area contributed by atoms with Gasteiger partial charge in [0.1, 0.15) is 0 Å². The van der Waals surface area contributed by atoms with Crippen molar-refractivity contribution in [1.29, 1.82) is 0 Å². The third kappa shape index (κ3) is 2.46. The molecule has 2 nitrogen and oxygen atoms in total.